The van der Waals surface area contributed by atoms with Gasteiger partial charge in [-0.25, -0.2) is 8.78 Å². The lowest BCUT2D eigenvalue weighted by Crippen LogP contribution is -2.50. The Bertz CT molecular complexity index is 231. The maximum absolute atomic E-state index is 12.9. The molecule has 1 saturated carbocycles. The zero-order chi connectivity index (χ0) is 11.5. The third-order valence-corrected chi connectivity index (χ3v) is 3.00. The topological polar surface area (TPSA) is 29.1 Å². The van der Waals surface area contributed by atoms with Crippen LogP contribution in [0.25, 0.3) is 0 Å². The number of amides is 1. The maximum Gasteiger partial charge on any atom is 0.248 e. The van der Waals surface area contributed by atoms with E-state index in [9.17, 15) is 13.6 Å². The summed E-state index contributed by atoms with van der Waals surface area (Å²) in [4.78, 5) is 11.4. The zero-order valence-corrected chi connectivity index (χ0v) is 9.41. The van der Waals surface area contributed by atoms with Crippen molar-refractivity contribution in [2.45, 2.75) is 63.8 Å². The molecular formula is C11H19F2NO. The van der Waals surface area contributed by atoms with Crippen LogP contribution in [-0.4, -0.2) is 17.4 Å². The Morgan fingerprint density at radius 2 is 1.80 bits per heavy atom. The van der Waals surface area contributed by atoms with E-state index in [2.05, 4.69) is 5.32 Å². The molecule has 15 heavy (non-hydrogen) atoms. The number of halogens is 2. The van der Waals surface area contributed by atoms with Gasteiger partial charge in [0.05, 0.1) is 0 Å². The molecule has 0 aliphatic heterocycles. The Morgan fingerprint density at radius 1 is 1.27 bits per heavy atom. The summed E-state index contributed by atoms with van der Waals surface area (Å²) in [5, 5.41) is 2.86. The molecule has 0 spiro atoms. The van der Waals surface area contributed by atoms with Crippen LogP contribution < -0.4 is 5.32 Å². The second kappa shape index (κ2) is 4.45. The lowest BCUT2D eigenvalue weighted by molar-refractivity contribution is -0.125. The molecule has 0 saturated heterocycles. The first-order valence-electron chi connectivity index (χ1n) is 5.56. The van der Waals surface area contributed by atoms with Crippen LogP contribution in [0.3, 0.4) is 0 Å². The van der Waals surface area contributed by atoms with Crippen LogP contribution in [0.1, 0.15) is 52.4 Å². The molecule has 1 rings (SSSR count). The first kappa shape index (κ1) is 12.4. The van der Waals surface area contributed by atoms with Gasteiger partial charge in [-0.2, -0.15) is 0 Å². The summed E-state index contributed by atoms with van der Waals surface area (Å²) in [7, 11) is 0. The highest BCUT2D eigenvalue weighted by molar-refractivity contribution is 5.76. The standard InChI is InChI=1S/C11H19F2NO/c1-3-4-9(15)14-10(2)5-7-11(12,13)8-6-10/h3-8H2,1-2H3,(H,14,15). The molecule has 0 radical (unpaired) electrons. The molecule has 1 fully saturated rings. The Kier molecular flexibility index (Phi) is 3.68. The molecular weight excluding hydrogens is 200 g/mol. The van der Waals surface area contributed by atoms with Gasteiger partial charge in [0.1, 0.15) is 0 Å². The molecule has 0 heterocycles. The molecule has 4 heteroatoms. The van der Waals surface area contributed by atoms with Crippen LogP contribution in [0.15, 0.2) is 0 Å². The normalized spacial score (nSPS) is 23.5. The molecule has 0 unspecified atom stereocenters. The minimum atomic E-state index is -2.53. The van der Waals surface area contributed by atoms with Crippen LogP contribution in [0.4, 0.5) is 8.78 Å². The van der Waals surface area contributed by atoms with Gasteiger partial charge < -0.3 is 5.32 Å². The van der Waals surface area contributed by atoms with Crippen molar-refractivity contribution >= 4 is 5.91 Å². The SMILES string of the molecule is CCCC(=O)NC1(C)CCC(F)(F)CC1. The summed E-state index contributed by atoms with van der Waals surface area (Å²) < 4.78 is 25.8. The molecule has 1 N–H and O–H groups in total. The fourth-order valence-corrected chi connectivity index (χ4v) is 1.92. The average Bonchev–Trinajstić information content (AvgIpc) is 2.12. The second-order valence-corrected chi connectivity index (χ2v) is 4.71. The predicted octanol–water partition coefficient (Wildman–Crippen LogP) is 2.87. The highest BCUT2D eigenvalue weighted by atomic mass is 19.3. The van der Waals surface area contributed by atoms with Gasteiger partial charge >= 0.3 is 0 Å². The van der Waals surface area contributed by atoms with Gasteiger partial charge in [-0.3, -0.25) is 4.79 Å². The minimum Gasteiger partial charge on any atom is -0.351 e. The average molecular weight is 219 g/mol. The zero-order valence-electron chi connectivity index (χ0n) is 9.41. The van der Waals surface area contributed by atoms with E-state index in [0.29, 0.717) is 19.3 Å². The molecule has 1 aliphatic rings. The van der Waals surface area contributed by atoms with E-state index in [1.54, 1.807) is 0 Å². The van der Waals surface area contributed by atoms with Crippen molar-refractivity contribution in [3.8, 4) is 0 Å². The number of alkyl halides is 2. The van der Waals surface area contributed by atoms with Gasteiger partial charge in [-0.15, -0.1) is 0 Å². The summed E-state index contributed by atoms with van der Waals surface area (Å²) in [5.74, 6) is -2.56. The smallest absolute Gasteiger partial charge is 0.248 e. The van der Waals surface area contributed by atoms with E-state index in [1.807, 2.05) is 13.8 Å². The molecule has 1 amide bonds. The van der Waals surface area contributed by atoms with Crippen molar-refractivity contribution in [2.24, 2.45) is 0 Å². The maximum atomic E-state index is 12.9. The molecule has 0 aromatic heterocycles. The lowest BCUT2D eigenvalue weighted by Gasteiger charge is -2.37. The van der Waals surface area contributed by atoms with Crippen LogP contribution in [0, 0.1) is 0 Å². The minimum absolute atomic E-state index is 0.0229. The van der Waals surface area contributed by atoms with Crippen molar-refractivity contribution in [1.82, 2.24) is 5.32 Å². The third-order valence-electron chi connectivity index (χ3n) is 3.00. The van der Waals surface area contributed by atoms with Crippen molar-refractivity contribution in [3.63, 3.8) is 0 Å². The molecule has 88 valence electrons. The van der Waals surface area contributed by atoms with Crippen LogP contribution in [0.5, 0.6) is 0 Å². The van der Waals surface area contributed by atoms with E-state index < -0.39 is 11.5 Å². The number of nitrogens with one attached hydrogen (secondary N) is 1. The number of hydrogen-bond acceptors (Lipinski definition) is 1. The lowest BCUT2D eigenvalue weighted by atomic mass is 9.81. The van der Waals surface area contributed by atoms with E-state index in [1.165, 1.54) is 0 Å². The molecule has 2 nitrogen and oxygen atoms in total. The van der Waals surface area contributed by atoms with Gasteiger partial charge in [-0.05, 0) is 26.2 Å². The summed E-state index contributed by atoms with van der Waals surface area (Å²) in [6.45, 7) is 3.78. The fourth-order valence-electron chi connectivity index (χ4n) is 1.92. The monoisotopic (exact) mass is 219 g/mol. The fraction of sp³-hybridized carbons (Fsp3) is 0.909. The third kappa shape index (κ3) is 3.76. The van der Waals surface area contributed by atoms with Crippen molar-refractivity contribution < 1.29 is 13.6 Å². The van der Waals surface area contributed by atoms with Gasteiger partial charge in [0.2, 0.25) is 11.8 Å². The molecule has 0 bridgehead atoms. The number of carbonyl (C=O) groups excluding carboxylic acids is 1. The first-order valence-corrected chi connectivity index (χ1v) is 5.56. The molecule has 0 aromatic rings. The number of hydrogen-bond donors (Lipinski definition) is 1. The molecule has 1 aliphatic carbocycles. The Morgan fingerprint density at radius 3 is 2.27 bits per heavy atom. The van der Waals surface area contributed by atoms with Crippen molar-refractivity contribution in [2.75, 3.05) is 0 Å². The van der Waals surface area contributed by atoms with Gasteiger partial charge in [0.15, 0.2) is 0 Å². The van der Waals surface area contributed by atoms with Crippen LogP contribution >= 0.6 is 0 Å². The number of rotatable bonds is 3. The van der Waals surface area contributed by atoms with Gasteiger partial charge in [-0.1, -0.05) is 6.92 Å². The van der Waals surface area contributed by atoms with Gasteiger partial charge in [0, 0.05) is 24.8 Å². The van der Waals surface area contributed by atoms with Crippen molar-refractivity contribution in [3.05, 3.63) is 0 Å². The summed E-state index contributed by atoms with van der Waals surface area (Å²) in [6.07, 6.45) is 1.78. The summed E-state index contributed by atoms with van der Waals surface area (Å²) in [6, 6.07) is 0. The largest absolute Gasteiger partial charge is 0.351 e. The molecule has 0 atom stereocenters. The van der Waals surface area contributed by atoms with Gasteiger partial charge in [0.25, 0.3) is 0 Å². The van der Waals surface area contributed by atoms with E-state index >= 15 is 0 Å². The summed E-state index contributed by atoms with van der Waals surface area (Å²) >= 11 is 0. The molecule has 0 aromatic carbocycles. The highest BCUT2D eigenvalue weighted by Gasteiger charge is 2.41. The number of carbonyl (C=O) groups is 1. The second-order valence-electron chi connectivity index (χ2n) is 4.71. The quantitative estimate of drug-likeness (QED) is 0.777. The Labute approximate surface area is 89.4 Å². The Balaban J connectivity index is 2.44. The van der Waals surface area contributed by atoms with E-state index in [-0.39, 0.29) is 18.7 Å². The Hall–Kier alpha value is -0.670. The van der Waals surface area contributed by atoms with Crippen LogP contribution in [-0.2, 0) is 4.79 Å². The van der Waals surface area contributed by atoms with Crippen LogP contribution in [0.2, 0.25) is 0 Å². The summed E-state index contributed by atoms with van der Waals surface area (Å²) in [5.41, 5.74) is -0.423. The van der Waals surface area contributed by atoms with E-state index in [0.717, 1.165) is 6.42 Å². The first-order chi connectivity index (χ1) is 6.87. The highest BCUT2D eigenvalue weighted by Crippen LogP contribution is 2.38. The van der Waals surface area contributed by atoms with Crippen molar-refractivity contribution in [1.29, 1.82) is 0 Å². The predicted molar refractivity (Wildman–Crippen MR) is 54.9 cm³/mol. The van der Waals surface area contributed by atoms with E-state index in [4.69, 9.17) is 0 Å².